The Balaban J connectivity index is 4.07. The molecule has 6 heteroatoms. The molecule has 368 valence electrons. The van der Waals surface area contributed by atoms with Crippen LogP contribution in [-0.4, -0.2) is 37.2 Å². The first-order valence-corrected chi connectivity index (χ1v) is 26.4. The Morgan fingerprint density at radius 1 is 0.323 bits per heavy atom. The van der Waals surface area contributed by atoms with Crippen LogP contribution < -0.4 is 0 Å². The second kappa shape index (κ2) is 52.7. The third-order valence-electron chi connectivity index (χ3n) is 10.8. The highest BCUT2D eigenvalue weighted by atomic mass is 16.6. The number of hydrogen-bond donors (Lipinski definition) is 0. The van der Waals surface area contributed by atoms with Gasteiger partial charge in [0.1, 0.15) is 13.2 Å². The molecule has 0 aliphatic rings. The summed E-state index contributed by atoms with van der Waals surface area (Å²) in [5, 5.41) is 0. The molecule has 1 atom stereocenters. The largest absolute Gasteiger partial charge is 0.462 e. The van der Waals surface area contributed by atoms with Gasteiger partial charge in [-0.3, -0.25) is 14.4 Å². The van der Waals surface area contributed by atoms with Gasteiger partial charge in [0.15, 0.2) is 6.10 Å². The lowest BCUT2D eigenvalue weighted by Gasteiger charge is -2.18. The van der Waals surface area contributed by atoms with Crippen molar-refractivity contribution in [3.8, 4) is 0 Å². The molecule has 0 fully saturated rings. The Morgan fingerprint density at radius 3 is 0.938 bits per heavy atom. The second-order valence-electron chi connectivity index (χ2n) is 17.1. The third-order valence-corrected chi connectivity index (χ3v) is 10.8. The van der Waals surface area contributed by atoms with E-state index in [-0.39, 0.29) is 31.1 Å². The van der Waals surface area contributed by atoms with E-state index in [9.17, 15) is 14.4 Å². The van der Waals surface area contributed by atoms with E-state index in [1.807, 2.05) is 0 Å². The molecule has 0 aromatic rings. The average Bonchev–Trinajstić information content (AvgIpc) is 3.30. The summed E-state index contributed by atoms with van der Waals surface area (Å²) in [5.41, 5.74) is 0. The van der Waals surface area contributed by atoms with E-state index in [0.29, 0.717) is 19.3 Å². The molecule has 0 saturated carbocycles. The SMILES string of the molecule is CC/C=C\C/C=C\C/C=C\C/C=C\C/C=C\C/C=C\C/C=C\C/C=C\C/C=C\CCCCCCCC(=O)OCC(COC(=O)CCCCCCC)OC(=O)CCCCCCCCCCC. The fourth-order valence-corrected chi connectivity index (χ4v) is 6.84. The van der Waals surface area contributed by atoms with Crippen LogP contribution in [0.2, 0.25) is 0 Å². The molecule has 0 saturated heterocycles. The van der Waals surface area contributed by atoms with Crippen LogP contribution in [0.1, 0.15) is 226 Å². The zero-order valence-electron chi connectivity index (χ0n) is 42.0. The van der Waals surface area contributed by atoms with Gasteiger partial charge in [-0.05, 0) is 89.9 Å². The minimum absolute atomic E-state index is 0.0844. The number of rotatable bonds is 46. The van der Waals surface area contributed by atoms with Crippen LogP contribution in [0, 0.1) is 0 Å². The first-order valence-electron chi connectivity index (χ1n) is 26.4. The van der Waals surface area contributed by atoms with Crippen LogP contribution in [0.5, 0.6) is 0 Å². The second-order valence-corrected chi connectivity index (χ2v) is 17.1. The molecule has 0 amide bonds. The summed E-state index contributed by atoms with van der Waals surface area (Å²) in [6.07, 6.45) is 71.3. The quantitative estimate of drug-likeness (QED) is 0.0262. The summed E-state index contributed by atoms with van der Waals surface area (Å²) in [6.45, 7) is 6.38. The number of carbonyl (C=O) groups is 3. The molecule has 0 spiro atoms. The maximum atomic E-state index is 12.6. The van der Waals surface area contributed by atoms with Gasteiger partial charge in [0.2, 0.25) is 0 Å². The number of carbonyl (C=O) groups excluding carboxylic acids is 3. The number of esters is 3. The number of allylic oxidation sites excluding steroid dienone is 18. The highest BCUT2D eigenvalue weighted by Gasteiger charge is 2.19. The summed E-state index contributed by atoms with van der Waals surface area (Å²) in [5.74, 6) is -0.927. The van der Waals surface area contributed by atoms with Crippen molar-refractivity contribution < 1.29 is 28.6 Å². The molecular weight excluding hydrogens is 805 g/mol. The van der Waals surface area contributed by atoms with Crippen molar-refractivity contribution in [2.75, 3.05) is 13.2 Å². The van der Waals surface area contributed by atoms with Gasteiger partial charge in [0.05, 0.1) is 0 Å². The maximum Gasteiger partial charge on any atom is 0.306 e. The van der Waals surface area contributed by atoms with Gasteiger partial charge in [-0.2, -0.15) is 0 Å². The predicted molar refractivity (Wildman–Crippen MR) is 279 cm³/mol. The van der Waals surface area contributed by atoms with E-state index in [4.69, 9.17) is 14.2 Å². The summed E-state index contributed by atoms with van der Waals surface area (Å²) < 4.78 is 16.6. The smallest absolute Gasteiger partial charge is 0.306 e. The minimum atomic E-state index is -0.779. The van der Waals surface area contributed by atoms with Crippen molar-refractivity contribution in [1.29, 1.82) is 0 Å². The van der Waals surface area contributed by atoms with Crippen molar-refractivity contribution in [2.24, 2.45) is 0 Å². The molecule has 0 aromatic heterocycles. The lowest BCUT2D eigenvalue weighted by atomic mass is 10.1. The maximum absolute atomic E-state index is 12.6. The van der Waals surface area contributed by atoms with E-state index in [1.165, 1.54) is 44.9 Å². The Hall–Kier alpha value is -3.93. The molecule has 0 N–H and O–H groups in total. The van der Waals surface area contributed by atoms with Crippen LogP contribution >= 0.6 is 0 Å². The lowest BCUT2D eigenvalue weighted by molar-refractivity contribution is -0.167. The van der Waals surface area contributed by atoms with Gasteiger partial charge in [-0.1, -0.05) is 226 Å². The van der Waals surface area contributed by atoms with E-state index < -0.39 is 6.10 Å². The molecule has 0 heterocycles. The Labute approximate surface area is 400 Å². The zero-order chi connectivity index (χ0) is 47.2. The van der Waals surface area contributed by atoms with E-state index in [0.717, 1.165) is 141 Å². The topological polar surface area (TPSA) is 78.9 Å². The van der Waals surface area contributed by atoms with E-state index in [2.05, 4.69) is 130 Å². The summed E-state index contributed by atoms with van der Waals surface area (Å²) >= 11 is 0. The monoisotopic (exact) mass is 901 g/mol. The highest BCUT2D eigenvalue weighted by molar-refractivity contribution is 5.71. The molecule has 0 bridgehead atoms. The molecule has 65 heavy (non-hydrogen) atoms. The first-order chi connectivity index (χ1) is 32.0. The van der Waals surface area contributed by atoms with Crippen LogP contribution in [0.3, 0.4) is 0 Å². The van der Waals surface area contributed by atoms with Gasteiger partial charge in [-0.25, -0.2) is 0 Å². The molecular formula is C59H96O6. The molecule has 0 aliphatic carbocycles. The van der Waals surface area contributed by atoms with Gasteiger partial charge < -0.3 is 14.2 Å². The van der Waals surface area contributed by atoms with Crippen molar-refractivity contribution in [1.82, 2.24) is 0 Å². The van der Waals surface area contributed by atoms with Crippen LogP contribution in [-0.2, 0) is 28.6 Å². The Morgan fingerprint density at radius 2 is 0.600 bits per heavy atom. The van der Waals surface area contributed by atoms with Gasteiger partial charge in [0.25, 0.3) is 0 Å². The number of ether oxygens (including phenoxy) is 3. The molecule has 0 rings (SSSR count). The Bertz CT molecular complexity index is 1360. The van der Waals surface area contributed by atoms with Crippen molar-refractivity contribution in [3.05, 3.63) is 109 Å². The highest BCUT2D eigenvalue weighted by Crippen LogP contribution is 2.13. The van der Waals surface area contributed by atoms with Crippen molar-refractivity contribution in [2.45, 2.75) is 232 Å². The van der Waals surface area contributed by atoms with Crippen molar-refractivity contribution >= 4 is 17.9 Å². The first kappa shape index (κ1) is 61.1. The molecule has 0 aromatic carbocycles. The van der Waals surface area contributed by atoms with E-state index in [1.54, 1.807) is 0 Å². The molecule has 0 radical (unpaired) electrons. The van der Waals surface area contributed by atoms with Crippen LogP contribution in [0.25, 0.3) is 0 Å². The summed E-state index contributed by atoms with van der Waals surface area (Å²) in [7, 11) is 0. The zero-order valence-corrected chi connectivity index (χ0v) is 42.0. The van der Waals surface area contributed by atoms with Crippen molar-refractivity contribution in [3.63, 3.8) is 0 Å². The van der Waals surface area contributed by atoms with Gasteiger partial charge >= 0.3 is 17.9 Å². The lowest BCUT2D eigenvalue weighted by Crippen LogP contribution is -2.30. The molecule has 1 unspecified atom stereocenters. The van der Waals surface area contributed by atoms with Gasteiger partial charge in [0, 0.05) is 19.3 Å². The number of unbranched alkanes of at least 4 members (excludes halogenated alkanes) is 17. The third kappa shape index (κ3) is 50.9. The summed E-state index contributed by atoms with van der Waals surface area (Å²) in [4.78, 5) is 37.5. The van der Waals surface area contributed by atoms with Gasteiger partial charge in [-0.15, -0.1) is 0 Å². The fourth-order valence-electron chi connectivity index (χ4n) is 6.84. The molecule has 0 aliphatic heterocycles. The fraction of sp³-hybridized carbons (Fsp3) is 0.644. The Kier molecular flexibility index (Phi) is 49.5. The number of hydrogen-bond acceptors (Lipinski definition) is 6. The average molecular weight is 901 g/mol. The normalized spacial score (nSPS) is 13.0. The summed E-state index contributed by atoms with van der Waals surface area (Å²) in [6, 6.07) is 0. The molecule has 6 nitrogen and oxygen atoms in total. The van der Waals surface area contributed by atoms with E-state index >= 15 is 0 Å². The minimum Gasteiger partial charge on any atom is -0.462 e. The van der Waals surface area contributed by atoms with Crippen LogP contribution in [0.15, 0.2) is 109 Å². The predicted octanol–water partition coefficient (Wildman–Crippen LogP) is 17.5. The van der Waals surface area contributed by atoms with Crippen LogP contribution in [0.4, 0.5) is 0 Å². The standard InChI is InChI=1S/C59H96O6/c1-4-7-10-13-15-17-18-19-20-21-22-23-24-25-26-27-28-29-30-31-32-33-34-35-36-37-38-39-40-42-43-46-49-52-58(61)64-55-56(54-63-57(60)51-48-45-12-9-6-3)65-59(62)53-50-47-44-41-16-14-11-8-5-2/h7,10,15,17,19-20,22-23,25-26,28-29,31-32,34-35,37-38,56H,4-6,8-9,11-14,16,18,21,24,27,30,33,36,39-55H2,1-3H3/b10-7-,17-15-,20-19-,23-22-,26-25-,29-28-,32-31-,35-34-,38-37-.